The molecule has 0 spiro atoms. The first kappa shape index (κ1) is 22.4. The number of guanidine groups is 2. The number of nitrogens with zero attached hydrogens (tertiary/aromatic N) is 3. The Morgan fingerprint density at radius 1 is 1.38 bits per heavy atom. The normalized spacial score (nSPS) is 14.9. The number of benzene rings is 1. The number of hydrogen-bond acceptors (Lipinski definition) is 4. The van der Waals surface area contributed by atoms with E-state index in [0.29, 0.717) is 6.42 Å². The third kappa shape index (κ3) is 5.12. The summed E-state index contributed by atoms with van der Waals surface area (Å²) in [6.45, 7) is 7.09. The molecule has 0 radical (unpaired) electrons. The van der Waals surface area contributed by atoms with E-state index < -0.39 is 23.9 Å². The molecule has 1 aromatic carbocycles. The van der Waals surface area contributed by atoms with Crippen LogP contribution in [0.5, 0.6) is 0 Å². The van der Waals surface area contributed by atoms with Crippen LogP contribution in [0, 0.1) is 0 Å². The van der Waals surface area contributed by atoms with Gasteiger partial charge in [-0.1, -0.05) is 29.3 Å². The summed E-state index contributed by atoms with van der Waals surface area (Å²) in [7, 11) is 0. The van der Waals surface area contributed by atoms with Crippen LogP contribution in [0.15, 0.2) is 35.8 Å². The molecule has 0 bridgehead atoms. The van der Waals surface area contributed by atoms with Crippen molar-refractivity contribution in [2.24, 2.45) is 4.99 Å². The van der Waals surface area contributed by atoms with Gasteiger partial charge in [-0.2, -0.15) is 4.90 Å². The Bertz CT molecular complexity index is 900. The lowest BCUT2D eigenvalue weighted by molar-refractivity contribution is -0.134. The Balaban J connectivity index is 2.34. The standard InChI is InChI=1S/C18H19Cl2N5O4/c1-4-5-8-29-18(28)24(10(2)3)16(21)23-17-22-14(26)15(27)25(17)11-6-7-12(19)13(20)9-11/h4,6-7,9-10H,1,5,8H2,2-3H3,(H2,21,22,23,26)/p+1. The Morgan fingerprint density at radius 2 is 2.07 bits per heavy atom. The second-order valence-corrected chi connectivity index (χ2v) is 6.96. The van der Waals surface area contributed by atoms with Gasteiger partial charge in [-0.25, -0.2) is 9.69 Å². The van der Waals surface area contributed by atoms with Gasteiger partial charge in [0.2, 0.25) is 0 Å². The number of halogens is 2. The third-order valence-electron chi connectivity index (χ3n) is 3.72. The van der Waals surface area contributed by atoms with Crippen LogP contribution in [0.1, 0.15) is 20.3 Å². The summed E-state index contributed by atoms with van der Waals surface area (Å²) in [6, 6.07) is 3.96. The number of rotatable bonds is 5. The van der Waals surface area contributed by atoms with Gasteiger partial charge >= 0.3 is 23.9 Å². The van der Waals surface area contributed by atoms with E-state index in [-0.39, 0.29) is 34.3 Å². The lowest BCUT2D eigenvalue weighted by Gasteiger charge is -2.18. The molecule has 1 heterocycles. The van der Waals surface area contributed by atoms with Crippen molar-refractivity contribution in [3.8, 4) is 0 Å². The average Bonchev–Trinajstić information content (AvgIpc) is 2.91. The molecule has 9 nitrogen and oxygen atoms in total. The molecule has 0 saturated carbocycles. The van der Waals surface area contributed by atoms with E-state index >= 15 is 0 Å². The molecule has 1 saturated heterocycles. The van der Waals surface area contributed by atoms with Crippen LogP contribution < -0.4 is 15.6 Å². The van der Waals surface area contributed by atoms with E-state index in [1.807, 2.05) is 0 Å². The Morgan fingerprint density at radius 3 is 2.66 bits per heavy atom. The second-order valence-electron chi connectivity index (χ2n) is 6.14. The number of aliphatic imine (C=N–C) groups is 1. The monoisotopic (exact) mass is 440 g/mol. The predicted molar refractivity (Wildman–Crippen MR) is 110 cm³/mol. The van der Waals surface area contributed by atoms with Gasteiger partial charge in [0.25, 0.3) is 5.96 Å². The number of ether oxygens (including phenoxy) is 1. The van der Waals surface area contributed by atoms with Gasteiger partial charge in [-0.05, 0) is 43.5 Å². The van der Waals surface area contributed by atoms with Gasteiger partial charge in [0, 0.05) is 0 Å². The minimum atomic E-state index is -0.910. The van der Waals surface area contributed by atoms with E-state index in [1.165, 1.54) is 18.2 Å². The summed E-state index contributed by atoms with van der Waals surface area (Å²) in [5.41, 5.74) is 0.249. The SMILES string of the molecule is C=CCCOC(=O)N(C(=[NH2+])N=C1NC(=O)C(=O)N1c1ccc(Cl)c(Cl)c1)C(C)C. The van der Waals surface area contributed by atoms with Crippen molar-refractivity contribution >= 4 is 58.7 Å². The third-order valence-corrected chi connectivity index (χ3v) is 4.46. The fourth-order valence-corrected chi connectivity index (χ4v) is 2.67. The molecule has 3 N–H and O–H groups in total. The first-order valence-electron chi connectivity index (χ1n) is 8.55. The molecule has 1 aliphatic heterocycles. The van der Waals surface area contributed by atoms with Crippen molar-refractivity contribution in [2.75, 3.05) is 11.5 Å². The van der Waals surface area contributed by atoms with Crippen molar-refractivity contribution < 1.29 is 24.5 Å². The van der Waals surface area contributed by atoms with Gasteiger partial charge in [0.05, 0.1) is 28.4 Å². The smallest absolute Gasteiger partial charge is 0.437 e. The molecule has 11 heteroatoms. The van der Waals surface area contributed by atoms with Crippen LogP contribution in [0.25, 0.3) is 0 Å². The number of carbonyl (C=O) groups excluding carboxylic acids is 3. The first-order chi connectivity index (χ1) is 13.7. The van der Waals surface area contributed by atoms with Crippen molar-refractivity contribution in [2.45, 2.75) is 26.3 Å². The average molecular weight is 441 g/mol. The van der Waals surface area contributed by atoms with Crippen LogP contribution >= 0.6 is 23.2 Å². The fourth-order valence-electron chi connectivity index (χ4n) is 2.38. The van der Waals surface area contributed by atoms with Crippen LogP contribution in [0.4, 0.5) is 10.5 Å². The van der Waals surface area contributed by atoms with Crippen molar-refractivity contribution in [3.63, 3.8) is 0 Å². The maximum atomic E-state index is 12.3. The van der Waals surface area contributed by atoms with E-state index in [4.69, 9.17) is 33.3 Å². The van der Waals surface area contributed by atoms with E-state index in [9.17, 15) is 14.4 Å². The molecule has 1 fully saturated rings. The highest BCUT2D eigenvalue weighted by molar-refractivity contribution is 6.54. The molecule has 2 rings (SSSR count). The number of carbonyl (C=O) groups is 3. The molecule has 0 unspecified atom stereocenters. The summed E-state index contributed by atoms with van der Waals surface area (Å²) >= 11 is 11.9. The number of nitrogens with one attached hydrogen (secondary N) is 1. The number of anilines is 1. The highest BCUT2D eigenvalue weighted by Crippen LogP contribution is 2.28. The van der Waals surface area contributed by atoms with Gasteiger partial charge < -0.3 is 4.74 Å². The Kier molecular flexibility index (Phi) is 7.35. The highest BCUT2D eigenvalue weighted by Gasteiger charge is 2.41. The predicted octanol–water partition coefficient (Wildman–Crippen LogP) is 1.35. The molecule has 1 aliphatic rings. The maximum absolute atomic E-state index is 12.3. The molecular formula is C18H20Cl2N5O4+. The molecule has 3 amide bonds. The fraction of sp³-hybridized carbons (Fsp3) is 0.278. The highest BCUT2D eigenvalue weighted by atomic mass is 35.5. The molecule has 0 atom stereocenters. The summed E-state index contributed by atoms with van der Waals surface area (Å²) < 4.78 is 5.12. The molecular weight excluding hydrogens is 421 g/mol. The Labute approximate surface area is 177 Å². The Hall–Kier alpha value is -2.91. The number of amides is 3. The summed E-state index contributed by atoms with van der Waals surface area (Å²) in [6.07, 6.45) is 1.36. The zero-order valence-electron chi connectivity index (χ0n) is 15.8. The molecule has 29 heavy (non-hydrogen) atoms. The largest absolute Gasteiger partial charge is 0.479 e. The van der Waals surface area contributed by atoms with E-state index in [2.05, 4.69) is 16.9 Å². The first-order valence-corrected chi connectivity index (χ1v) is 9.31. The molecule has 0 aromatic heterocycles. The van der Waals surface area contributed by atoms with Gasteiger partial charge in [-0.3, -0.25) is 20.3 Å². The summed E-state index contributed by atoms with van der Waals surface area (Å²) in [5.74, 6) is -2.24. The van der Waals surface area contributed by atoms with E-state index in [0.717, 1.165) is 9.80 Å². The van der Waals surface area contributed by atoms with E-state index in [1.54, 1.807) is 19.9 Å². The second kappa shape index (κ2) is 9.53. The van der Waals surface area contributed by atoms with Crippen molar-refractivity contribution in [3.05, 3.63) is 40.9 Å². The minimum absolute atomic E-state index is 0.125. The van der Waals surface area contributed by atoms with Crippen LogP contribution in [-0.4, -0.2) is 47.4 Å². The minimum Gasteiger partial charge on any atom is -0.437 e. The lowest BCUT2D eigenvalue weighted by Crippen LogP contribution is -2.56. The van der Waals surface area contributed by atoms with Crippen molar-refractivity contribution in [1.29, 1.82) is 0 Å². The topological polar surface area (TPSA) is 117 Å². The van der Waals surface area contributed by atoms with Crippen LogP contribution in [0.3, 0.4) is 0 Å². The molecule has 0 aliphatic carbocycles. The van der Waals surface area contributed by atoms with Gasteiger partial charge in [-0.15, -0.1) is 6.58 Å². The van der Waals surface area contributed by atoms with Gasteiger partial charge in [0.1, 0.15) is 0 Å². The van der Waals surface area contributed by atoms with Gasteiger partial charge in [0.15, 0.2) is 0 Å². The van der Waals surface area contributed by atoms with Crippen molar-refractivity contribution in [1.82, 2.24) is 10.2 Å². The zero-order valence-corrected chi connectivity index (χ0v) is 17.3. The maximum Gasteiger partial charge on any atom is 0.479 e. The lowest BCUT2D eigenvalue weighted by atomic mass is 10.3. The quantitative estimate of drug-likeness (QED) is 0.236. The number of nitrogens with two attached hydrogens (primary N) is 1. The summed E-state index contributed by atoms with van der Waals surface area (Å²) in [4.78, 5) is 42.7. The van der Waals surface area contributed by atoms with Crippen LogP contribution in [-0.2, 0) is 14.3 Å². The number of hydrogen-bond donors (Lipinski definition) is 2. The summed E-state index contributed by atoms with van der Waals surface area (Å²) in [5, 5.41) is 8.77. The molecule has 154 valence electrons. The van der Waals surface area contributed by atoms with Crippen LogP contribution in [0.2, 0.25) is 10.0 Å². The molecule has 1 aromatic rings. The zero-order chi connectivity index (χ0) is 21.7.